The molecule has 1 amide bonds. The third kappa shape index (κ3) is 3.58. The van der Waals surface area contributed by atoms with Gasteiger partial charge in [-0.3, -0.25) is 9.89 Å². The first-order chi connectivity index (χ1) is 10.8. The number of nitrogens with zero attached hydrogens (tertiary/aromatic N) is 1. The number of rotatable bonds is 7. The first-order valence-corrected chi connectivity index (χ1v) is 7.36. The number of amides is 1. The van der Waals surface area contributed by atoms with Crippen molar-refractivity contribution in [2.24, 2.45) is 0 Å². The van der Waals surface area contributed by atoms with E-state index in [1.807, 2.05) is 24.3 Å². The highest BCUT2D eigenvalue weighted by Crippen LogP contribution is 2.38. The van der Waals surface area contributed by atoms with Gasteiger partial charge in [0.05, 0.1) is 13.7 Å². The molecule has 1 aromatic carbocycles. The third-order valence-electron chi connectivity index (χ3n) is 3.55. The van der Waals surface area contributed by atoms with Crippen molar-refractivity contribution in [2.45, 2.75) is 18.8 Å². The van der Waals surface area contributed by atoms with Crippen LogP contribution >= 0.6 is 0 Å². The van der Waals surface area contributed by atoms with Gasteiger partial charge < -0.3 is 14.8 Å². The summed E-state index contributed by atoms with van der Waals surface area (Å²) < 4.78 is 10.7. The molecule has 1 aliphatic rings. The van der Waals surface area contributed by atoms with Crippen LogP contribution in [-0.4, -0.2) is 36.4 Å². The summed E-state index contributed by atoms with van der Waals surface area (Å²) in [5.74, 6) is 1.83. The molecule has 0 unspecified atom stereocenters. The smallest absolute Gasteiger partial charge is 0.271 e. The van der Waals surface area contributed by atoms with Gasteiger partial charge in [0.2, 0.25) is 0 Å². The van der Waals surface area contributed by atoms with Crippen LogP contribution in [0.15, 0.2) is 30.3 Å². The minimum Gasteiger partial charge on any atom is -0.497 e. The Labute approximate surface area is 128 Å². The van der Waals surface area contributed by atoms with Crippen LogP contribution in [0.5, 0.6) is 11.5 Å². The van der Waals surface area contributed by atoms with Gasteiger partial charge in [0.1, 0.15) is 23.8 Å². The summed E-state index contributed by atoms with van der Waals surface area (Å²) in [4.78, 5) is 11.9. The van der Waals surface area contributed by atoms with Crippen LogP contribution < -0.4 is 14.8 Å². The van der Waals surface area contributed by atoms with Crippen molar-refractivity contribution in [1.29, 1.82) is 0 Å². The van der Waals surface area contributed by atoms with E-state index in [0.29, 0.717) is 30.5 Å². The van der Waals surface area contributed by atoms with Gasteiger partial charge in [0.25, 0.3) is 5.91 Å². The zero-order valence-electron chi connectivity index (χ0n) is 12.5. The molecule has 0 radical (unpaired) electrons. The first-order valence-electron chi connectivity index (χ1n) is 7.36. The lowest BCUT2D eigenvalue weighted by Crippen LogP contribution is -2.28. The van der Waals surface area contributed by atoms with Crippen LogP contribution in [0.4, 0.5) is 0 Å². The van der Waals surface area contributed by atoms with Crippen molar-refractivity contribution < 1.29 is 14.3 Å². The summed E-state index contributed by atoms with van der Waals surface area (Å²) in [6.07, 6.45) is 2.36. The number of ether oxygens (including phenoxy) is 2. The molecule has 6 nitrogen and oxygen atoms in total. The van der Waals surface area contributed by atoms with Gasteiger partial charge in [-0.05, 0) is 31.0 Å². The fraction of sp³-hybridized carbons (Fsp3) is 0.375. The Morgan fingerprint density at radius 1 is 1.36 bits per heavy atom. The van der Waals surface area contributed by atoms with Crippen LogP contribution in [0.25, 0.3) is 0 Å². The number of hydrogen-bond donors (Lipinski definition) is 2. The molecular formula is C16H19N3O3. The van der Waals surface area contributed by atoms with Crippen LogP contribution in [-0.2, 0) is 0 Å². The number of nitrogens with one attached hydrogen (secondary N) is 2. The highest BCUT2D eigenvalue weighted by Gasteiger charge is 2.26. The Morgan fingerprint density at radius 2 is 2.18 bits per heavy atom. The second-order valence-electron chi connectivity index (χ2n) is 5.27. The van der Waals surface area contributed by atoms with Crippen LogP contribution in [0.2, 0.25) is 0 Å². The molecule has 22 heavy (non-hydrogen) atoms. The molecule has 0 saturated heterocycles. The molecule has 1 aromatic heterocycles. The molecule has 1 heterocycles. The van der Waals surface area contributed by atoms with Gasteiger partial charge in [-0.15, -0.1) is 0 Å². The van der Waals surface area contributed by atoms with Crippen LogP contribution in [0, 0.1) is 0 Å². The van der Waals surface area contributed by atoms with Gasteiger partial charge in [0, 0.05) is 17.7 Å². The lowest BCUT2D eigenvalue weighted by Gasteiger charge is -2.08. The monoisotopic (exact) mass is 301 g/mol. The Bertz CT molecular complexity index is 650. The molecule has 0 aliphatic heterocycles. The van der Waals surface area contributed by atoms with Crippen molar-refractivity contribution in [3.05, 3.63) is 41.7 Å². The summed E-state index contributed by atoms with van der Waals surface area (Å²) in [6.45, 7) is 0.806. The van der Waals surface area contributed by atoms with E-state index in [4.69, 9.17) is 9.47 Å². The van der Waals surface area contributed by atoms with Crippen molar-refractivity contribution in [3.8, 4) is 11.5 Å². The maximum atomic E-state index is 11.9. The van der Waals surface area contributed by atoms with Gasteiger partial charge in [0.15, 0.2) is 0 Å². The average molecular weight is 301 g/mol. The number of H-pyrrole nitrogens is 1. The van der Waals surface area contributed by atoms with Crippen molar-refractivity contribution in [2.75, 3.05) is 20.3 Å². The largest absolute Gasteiger partial charge is 0.497 e. The second-order valence-corrected chi connectivity index (χ2v) is 5.27. The van der Waals surface area contributed by atoms with E-state index in [9.17, 15) is 4.79 Å². The third-order valence-corrected chi connectivity index (χ3v) is 3.55. The molecule has 2 aromatic rings. The molecule has 0 bridgehead atoms. The van der Waals surface area contributed by atoms with Gasteiger partial charge in [-0.25, -0.2) is 0 Å². The molecule has 1 fully saturated rings. The number of aromatic amines is 1. The highest BCUT2D eigenvalue weighted by atomic mass is 16.5. The highest BCUT2D eigenvalue weighted by molar-refractivity contribution is 5.92. The number of aromatic nitrogens is 2. The lowest BCUT2D eigenvalue weighted by atomic mass is 10.2. The number of carbonyl (C=O) groups is 1. The zero-order valence-corrected chi connectivity index (χ0v) is 12.5. The van der Waals surface area contributed by atoms with E-state index in [1.54, 1.807) is 13.2 Å². The summed E-state index contributed by atoms with van der Waals surface area (Å²) in [5, 5.41) is 9.76. The number of benzene rings is 1. The van der Waals surface area contributed by atoms with Gasteiger partial charge in [-0.1, -0.05) is 6.07 Å². The fourth-order valence-electron chi connectivity index (χ4n) is 2.17. The topological polar surface area (TPSA) is 76.2 Å². The molecule has 0 atom stereocenters. The predicted molar refractivity (Wildman–Crippen MR) is 81.4 cm³/mol. The normalized spacial score (nSPS) is 13.7. The first kappa shape index (κ1) is 14.4. The SMILES string of the molecule is COc1cccc(OCCNC(=O)c2cc(C3CC3)[nH]n2)c1. The van der Waals surface area contributed by atoms with Crippen LogP contribution in [0.1, 0.15) is 34.9 Å². The maximum absolute atomic E-state index is 11.9. The molecule has 1 aliphatic carbocycles. The van der Waals surface area contributed by atoms with E-state index >= 15 is 0 Å². The summed E-state index contributed by atoms with van der Waals surface area (Å²) in [7, 11) is 1.61. The molecule has 1 saturated carbocycles. The number of methoxy groups -OCH3 is 1. The standard InChI is InChI=1S/C16H19N3O3/c1-21-12-3-2-4-13(9-12)22-8-7-17-16(20)15-10-14(18-19-15)11-5-6-11/h2-4,9-11H,5-8H2,1H3,(H,17,20)(H,18,19). The maximum Gasteiger partial charge on any atom is 0.271 e. The number of hydrogen-bond acceptors (Lipinski definition) is 4. The quantitative estimate of drug-likeness (QED) is 0.768. The molecule has 6 heteroatoms. The Hall–Kier alpha value is -2.50. The van der Waals surface area contributed by atoms with E-state index in [1.165, 1.54) is 12.8 Å². The van der Waals surface area contributed by atoms with Crippen LogP contribution in [0.3, 0.4) is 0 Å². The molecule has 2 N–H and O–H groups in total. The Morgan fingerprint density at radius 3 is 2.95 bits per heavy atom. The molecule has 3 rings (SSSR count). The number of carbonyl (C=O) groups excluding carboxylic acids is 1. The second kappa shape index (κ2) is 6.51. The Balaban J connectivity index is 1.42. The fourth-order valence-corrected chi connectivity index (χ4v) is 2.17. The van der Waals surface area contributed by atoms with Crippen molar-refractivity contribution in [1.82, 2.24) is 15.5 Å². The van der Waals surface area contributed by atoms with E-state index in [-0.39, 0.29) is 5.91 Å². The minimum atomic E-state index is -0.183. The lowest BCUT2D eigenvalue weighted by molar-refractivity contribution is 0.0942. The molecular weight excluding hydrogens is 282 g/mol. The van der Waals surface area contributed by atoms with E-state index in [2.05, 4.69) is 15.5 Å². The average Bonchev–Trinajstić information content (AvgIpc) is 3.28. The molecule has 116 valence electrons. The zero-order chi connectivity index (χ0) is 15.4. The summed E-state index contributed by atoms with van der Waals surface area (Å²) >= 11 is 0. The molecule has 0 spiro atoms. The van der Waals surface area contributed by atoms with E-state index < -0.39 is 0 Å². The Kier molecular flexibility index (Phi) is 4.27. The predicted octanol–water partition coefficient (Wildman–Crippen LogP) is 2.10. The van der Waals surface area contributed by atoms with Gasteiger partial charge in [-0.2, -0.15) is 5.10 Å². The van der Waals surface area contributed by atoms with Crippen molar-refractivity contribution in [3.63, 3.8) is 0 Å². The minimum absolute atomic E-state index is 0.183. The van der Waals surface area contributed by atoms with Gasteiger partial charge >= 0.3 is 0 Å². The summed E-state index contributed by atoms with van der Waals surface area (Å²) in [6, 6.07) is 9.19. The van der Waals surface area contributed by atoms with E-state index in [0.717, 1.165) is 11.4 Å². The summed E-state index contributed by atoms with van der Waals surface area (Å²) in [5.41, 5.74) is 1.49. The van der Waals surface area contributed by atoms with Crippen molar-refractivity contribution >= 4 is 5.91 Å².